The lowest BCUT2D eigenvalue weighted by atomic mass is 10.5. The average Bonchev–Trinajstić information content (AvgIpc) is 3.06. The molecule has 3 aromatic heterocycles. The minimum absolute atomic E-state index is 0.204. The van der Waals surface area contributed by atoms with Gasteiger partial charge in [-0.3, -0.25) is 4.79 Å². The summed E-state index contributed by atoms with van der Waals surface area (Å²) in [5.74, 6) is 1.35. The highest BCUT2D eigenvalue weighted by atomic mass is 32.2. The van der Waals surface area contributed by atoms with Crippen molar-refractivity contribution in [3.05, 3.63) is 45.9 Å². The van der Waals surface area contributed by atoms with Gasteiger partial charge in [0.25, 0.3) is 5.56 Å². The van der Waals surface area contributed by atoms with Gasteiger partial charge in [0.1, 0.15) is 12.1 Å². The second-order valence-electron chi connectivity index (χ2n) is 3.89. The minimum atomic E-state index is -0.264. The fourth-order valence-corrected chi connectivity index (χ4v) is 2.97. The Hall–Kier alpha value is -2.06. The highest BCUT2D eigenvalue weighted by Gasteiger charge is 2.08. The summed E-state index contributed by atoms with van der Waals surface area (Å²) in [6.07, 6.45) is 1.60. The van der Waals surface area contributed by atoms with Gasteiger partial charge in [0.2, 0.25) is 5.89 Å². The van der Waals surface area contributed by atoms with Crippen molar-refractivity contribution in [2.45, 2.75) is 10.9 Å². The topological polar surface area (TPSA) is 97.8 Å². The van der Waals surface area contributed by atoms with Gasteiger partial charge >= 0.3 is 0 Å². The van der Waals surface area contributed by atoms with E-state index in [1.165, 1.54) is 17.8 Å². The van der Waals surface area contributed by atoms with Crippen LogP contribution in [0.4, 0.5) is 5.82 Å². The zero-order valence-corrected chi connectivity index (χ0v) is 11.8. The number of nitrogen functional groups attached to an aromatic ring is 1. The monoisotopic (exact) mass is 306 g/mol. The third kappa shape index (κ3) is 2.91. The standard InChI is InChI=1S/C12H10N4O2S2/c13-9-4-10(17)16-12(15-9)20-6-7-5-18-11(14-7)8-2-1-3-19-8/h1-5H,6H2,(H3,13,15,16,17). The van der Waals surface area contributed by atoms with Crippen LogP contribution in [0.5, 0.6) is 0 Å². The van der Waals surface area contributed by atoms with E-state index in [0.717, 1.165) is 10.6 Å². The van der Waals surface area contributed by atoms with Crippen molar-refractivity contribution in [3.63, 3.8) is 0 Å². The second-order valence-corrected chi connectivity index (χ2v) is 5.80. The molecule has 0 aromatic carbocycles. The maximum Gasteiger partial charge on any atom is 0.253 e. The predicted molar refractivity (Wildman–Crippen MR) is 78.6 cm³/mol. The molecule has 0 amide bonds. The molecular formula is C12H10N4O2S2. The number of nitrogens with one attached hydrogen (secondary N) is 1. The summed E-state index contributed by atoms with van der Waals surface area (Å²) in [7, 11) is 0. The van der Waals surface area contributed by atoms with Crippen molar-refractivity contribution in [1.82, 2.24) is 15.0 Å². The van der Waals surface area contributed by atoms with E-state index < -0.39 is 0 Å². The second kappa shape index (κ2) is 5.51. The number of hydrogen-bond donors (Lipinski definition) is 2. The van der Waals surface area contributed by atoms with Gasteiger partial charge in [-0.1, -0.05) is 17.8 Å². The molecule has 0 spiro atoms. The van der Waals surface area contributed by atoms with Crippen LogP contribution in [-0.4, -0.2) is 15.0 Å². The summed E-state index contributed by atoms with van der Waals surface area (Å²) >= 11 is 2.91. The lowest BCUT2D eigenvalue weighted by Gasteiger charge is -1.98. The number of H-pyrrole nitrogens is 1. The molecule has 3 heterocycles. The molecule has 0 aliphatic carbocycles. The third-order valence-electron chi connectivity index (χ3n) is 2.38. The first-order chi connectivity index (χ1) is 9.70. The van der Waals surface area contributed by atoms with Crippen LogP contribution in [0.15, 0.2) is 44.2 Å². The first-order valence-corrected chi connectivity index (χ1v) is 7.55. The van der Waals surface area contributed by atoms with Gasteiger partial charge in [-0.15, -0.1) is 11.3 Å². The SMILES string of the molecule is Nc1cc(=O)[nH]c(SCc2coc(-c3cccs3)n2)n1. The van der Waals surface area contributed by atoms with E-state index in [1.807, 2.05) is 17.5 Å². The van der Waals surface area contributed by atoms with Crippen molar-refractivity contribution in [2.75, 3.05) is 5.73 Å². The van der Waals surface area contributed by atoms with Crippen molar-refractivity contribution >= 4 is 28.9 Å². The van der Waals surface area contributed by atoms with Gasteiger partial charge in [-0.05, 0) is 11.4 Å². The number of aromatic nitrogens is 3. The lowest BCUT2D eigenvalue weighted by Crippen LogP contribution is -2.09. The van der Waals surface area contributed by atoms with Gasteiger partial charge < -0.3 is 15.1 Å². The number of oxazole rings is 1. The predicted octanol–water partition coefficient (Wildman–Crippen LogP) is 2.36. The molecular weight excluding hydrogens is 296 g/mol. The number of nitrogens with zero attached hydrogens (tertiary/aromatic N) is 2. The highest BCUT2D eigenvalue weighted by Crippen LogP contribution is 2.25. The quantitative estimate of drug-likeness (QED) is 0.567. The Morgan fingerprint density at radius 1 is 1.45 bits per heavy atom. The van der Waals surface area contributed by atoms with Crippen molar-refractivity contribution < 1.29 is 4.42 Å². The van der Waals surface area contributed by atoms with E-state index in [0.29, 0.717) is 16.8 Å². The van der Waals surface area contributed by atoms with Gasteiger partial charge in [0, 0.05) is 11.8 Å². The van der Waals surface area contributed by atoms with E-state index in [9.17, 15) is 4.79 Å². The third-order valence-corrected chi connectivity index (χ3v) is 4.14. The van der Waals surface area contributed by atoms with E-state index in [2.05, 4.69) is 15.0 Å². The van der Waals surface area contributed by atoms with Crippen molar-refractivity contribution in [1.29, 1.82) is 0 Å². The molecule has 20 heavy (non-hydrogen) atoms. The molecule has 0 bridgehead atoms. The summed E-state index contributed by atoms with van der Waals surface area (Å²) in [6, 6.07) is 5.14. The van der Waals surface area contributed by atoms with Crippen LogP contribution in [0.25, 0.3) is 10.8 Å². The molecule has 3 rings (SSSR count). The maximum atomic E-state index is 11.3. The number of thiophene rings is 1. The van der Waals surface area contributed by atoms with Gasteiger partial charge in [0.05, 0.1) is 10.6 Å². The molecule has 0 unspecified atom stereocenters. The molecule has 0 saturated heterocycles. The summed E-state index contributed by atoms with van der Waals surface area (Å²) in [4.78, 5) is 23.3. The van der Waals surface area contributed by atoms with E-state index >= 15 is 0 Å². The Bertz CT molecular complexity index is 764. The summed E-state index contributed by atoms with van der Waals surface area (Å²) in [5, 5.41) is 2.44. The smallest absolute Gasteiger partial charge is 0.253 e. The van der Waals surface area contributed by atoms with Crippen LogP contribution in [0.1, 0.15) is 5.69 Å². The molecule has 0 atom stereocenters. The lowest BCUT2D eigenvalue weighted by molar-refractivity contribution is 0.575. The van der Waals surface area contributed by atoms with Crippen LogP contribution in [0, 0.1) is 0 Å². The number of thioether (sulfide) groups is 1. The van der Waals surface area contributed by atoms with E-state index in [-0.39, 0.29) is 11.4 Å². The number of nitrogens with two attached hydrogens (primary N) is 1. The molecule has 3 N–H and O–H groups in total. The molecule has 0 aliphatic heterocycles. The number of hydrogen-bond acceptors (Lipinski definition) is 7. The minimum Gasteiger partial charge on any atom is -0.444 e. The van der Waals surface area contributed by atoms with Crippen LogP contribution in [0.3, 0.4) is 0 Å². The Balaban J connectivity index is 1.71. The number of anilines is 1. The molecule has 0 fully saturated rings. The fraction of sp³-hybridized carbons (Fsp3) is 0.0833. The Morgan fingerprint density at radius 2 is 2.35 bits per heavy atom. The highest BCUT2D eigenvalue weighted by molar-refractivity contribution is 7.98. The maximum absolute atomic E-state index is 11.3. The fourth-order valence-electron chi connectivity index (χ4n) is 1.55. The van der Waals surface area contributed by atoms with E-state index in [4.69, 9.17) is 10.2 Å². The molecule has 6 nitrogen and oxygen atoms in total. The summed E-state index contributed by atoms with van der Waals surface area (Å²) in [6.45, 7) is 0. The average molecular weight is 306 g/mol. The molecule has 8 heteroatoms. The van der Waals surface area contributed by atoms with Gasteiger partial charge in [0.15, 0.2) is 5.16 Å². The molecule has 0 aliphatic rings. The van der Waals surface area contributed by atoms with Gasteiger partial charge in [-0.25, -0.2) is 9.97 Å². The Morgan fingerprint density at radius 3 is 3.10 bits per heavy atom. The van der Waals surface area contributed by atoms with Gasteiger partial charge in [-0.2, -0.15) is 0 Å². The zero-order chi connectivity index (χ0) is 13.9. The molecule has 102 valence electrons. The largest absolute Gasteiger partial charge is 0.444 e. The normalized spacial score (nSPS) is 10.8. The van der Waals surface area contributed by atoms with Crippen molar-refractivity contribution in [2.24, 2.45) is 0 Å². The first kappa shape index (κ1) is 12.9. The summed E-state index contributed by atoms with van der Waals surface area (Å²) < 4.78 is 5.41. The molecule has 3 aromatic rings. The number of rotatable bonds is 4. The zero-order valence-electron chi connectivity index (χ0n) is 10.2. The van der Waals surface area contributed by atoms with Crippen LogP contribution in [-0.2, 0) is 5.75 Å². The Labute approximate surface area is 122 Å². The van der Waals surface area contributed by atoms with Crippen molar-refractivity contribution in [3.8, 4) is 10.8 Å². The molecule has 0 radical (unpaired) electrons. The first-order valence-electron chi connectivity index (χ1n) is 5.68. The number of aromatic amines is 1. The Kier molecular flexibility index (Phi) is 3.57. The summed E-state index contributed by atoms with van der Waals surface area (Å²) in [5.41, 5.74) is 6.04. The van der Waals surface area contributed by atoms with Crippen LogP contribution < -0.4 is 11.3 Å². The van der Waals surface area contributed by atoms with Crippen LogP contribution >= 0.6 is 23.1 Å². The van der Waals surface area contributed by atoms with Crippen LogP contribution in [0.2, 0.25) is 0 Å². The molecule has 0 saturated carbocycles. The van der Waals surface area contributed by atoms with E-state index in [1.54, 1.807) is 17.6 Å².